The van der Waals surface area contributed by atoms with Crippen LogP contribution in [0.4, 0.5) is 0 Å². The fraction of sp³-hybridized carbons (Fsp3) is 0.769. The predicted octanol–water partition coefficient (Wildman–Crippen LogP) is 1.69. The van der Waals surface area contributed by atoms with Crippen LogP contribution in [-0.4, -0.2) is 39.5 Å². The number of likely N-dealkylation sites (tertiary alicyclic amines) is 1. The lowest BCUT2D eigenvalue weighted by atomic mass is 9.90. The van der Waals surface area contributed by atoms with Crippen LogP contribution in [0, 0.1) is 5.92 Å². The van der Waals surface area contributed by atoms with Crippen molar-refractivity contribution in [1.29, 1.82) is 0 Å². The number of nitrogens with zero attached hydrogens (tertiary/aromatic N) is 3. The average Bonchev–Trinajstić information content (AvgIpc) is 2.86. The summed E-state index contributed by atoms with van der Waals surface area (Å²) in [5, 5.41) is 4.08. The van der Waals surface area contributed by atoms with Gasteiger partial charge in [0, 0.05) is 19.1 Å². The van der Waals surface area contributed by atoms with Gasteiger partial charge in [-0.1, -0.05) is 24.8 Å². The lowest BCUT2D eigenvalue weighted by molar-refractivity contribution is 0.0536. The summed E-state index contributed by atoms with van der Waals surface area (Å²) in [6.45, 7) is 5.59. The van der Waals surface area contributed by atoms with Gasteiger partial charge < -0.3 is 10.6 Å². The molecule has 1 aliphatic heterocycles. The highest BCUT2D eigenvalue weighted by Gasteiger charge is 2.33. The lowest BCUT2D eigenvalue weighted by Gasteiger charge is -2.39. The first-order valence-corrected chi connectivity index (χ1v) is 7.78. The summed E-state index contributed by atoms with van der Waals surface area (Å²) in [7, 11) is 0. The summed E-state index contributed by atoms with van der Waals surface area (Å²) < 4.78 is 3.94. The van der Waals surface area contributed by atoms with Gasteiger partial charge in [0.15, 0.2) is 0 Å². The van der Waals surface area contributed by atoms with E-state index in [0.717, 1.165) is 37.9 Å². The van der Waals surface area contributed by atoms with Gasteiger partial charge >= 0.3 is 0 Å². The van der Waals surface area contributed by atoms with Crippen LogP contribution in [0.15, 0.2) is 0 Å². The van der Waals surface area contributed by atoms with E-state index in [1.807, 2.05) is 4.90 Å². The molecule has 19 heavy (non-hydrogen) atoms. The number of aryl methyl sites for hydroxylation is 1. The number of amides is 1. The quantitative estimate of drug-likeness (QED) is 0.912. The maximum atomic E-state index is 12.7. The van der Waals surface area contributed by atoms with Crippen LogP contribution in [0.25, 0.3) is 0 Å². The van der Waals surface area contributed by atoms with Crippen molar-refractivity contribution in [2.45, 2.75) is 45.6 Å². The van der Waals surface area contributed by atoms with Gasteiger partial charge in [0.2, 0.25) is 0 Å². The van der Waals surface area contributed by atoms with Crippen LogP contribution < -0.4 is 5.73 Å². The fourth-order valence-corrected chi connectivity index (χ4v) is 3.43. The molecule has 1 aliphatic rings. The molecule has 0 aromatic carbocycles. The second-order valence-electron chi connectivity index (χ2n) is 5.22. The number of piperidine rings is 1. The van der Waals surface area contributed by atoms with E-state index in [4.69, 9.17) is 5.73 Å². The van der Waals surface area contributed by atoms with E-state index in [9.17, 15) is 4.79 Å². The van der Waals surface area contributed by atoms with E-state index < -0.39 is 0 Å². The summed E-state index contributed by atoms with van der Waals surface area (Å²) in [5.74, 6) is 0.540. The van der Waals surface area contributed by atoms with Crippen molar-refractivity contribution in [3.05, 3.63) is 10.6 Å². The maximum absolute atomic E-state index is 12.7. The first-order valence-electron chi connectivity index (χ1n) is 7.01. The molecule has 1 saturated heterocycles. The van der Waals surface area contributed by atoms with Crippen LogP contribution >= 0.6 is 11.5 Å². The average molecular weight is 282 g/mol. The van der Waals surface area contributed by atoms with Gasteiger partial charge in [-0.05, 0) is 36.7 Å². The Hall–Kier alpha value is -1.01. The van der Waals surface area contributed by atoms with E-state index in [2.05, 4.69) is 23.4 Å². The van der Waals surface area contributed by atoms with Crippen LogP contribution in [0.3, 0.4) is 0 Å². The molecule has 2 rings (SSSR count). The van der Waals surface area contributed by atoms with Gasteiger partial charge in [-0.3, -0.25) is 4.79 Å². The second kappa shape index (κ2) is 6.43. The molecule has 5 nitrogen and oxygen atoms in total. The van der Waals surface area contributed by atoms with Gasteiger partial charge in [0.25, 0.3) is 5.91 Å². The third kappa shape index (κ3) is 2.95. The van der Waals surface area contributed by atoms with Crippen molar-refractivity contribution in [2.75, 3.05) is 13.1 Å². The number of hydrogen-bond donors (Lipinski definition) is 1. The van der Waals surface area contributed by atoms with E-state index >= 15 is 0 Å². The van der Waals surface area contributed by atoms with Crippen molar-refractivity contribution in [3.63, 3.8) is 0 Å². The Bertz CT molecular complexity index is 434. The maximum Gasteiger partial charge on any atom is 0.267 e. The normalized spacial score (nSPS) is 23.6. The van der Waals surface area contributed by atoms with Crippen molar-refractivity contribution >= 4 is 17.4 Å². The molecule has 1 fully saturated rings. The molecule has 0 spiro atoms. The molecule has 1 aromatic rings. The first-order chi connectivity index (χ1) is 9.19. The smallest absolute Gasteiger partial charge is 0.267 e. The lowest BCUT2D eigenvalue weighted by Crippen LogP contribution is -2.51. The number of nitrogens with two attached hydrogens (primary N) is 1. The molecule has 0 radical (unpaired) electrons. The molecular formula is C13H22N4OS. The molecule has 6 heteroatoms. The minimum absolute atomic E-state index is 0.0699. The van der Waals surface area contributed by atoms with E-state index in [0.29, 0.717) is 17.3 Å². The van der Waals surface area contributed by atoms with E-state index in [1.54, 1.807) is 0 Å². The van der Waals surface area contributed by atoms with Gasteiger partial charge in [-0.2, -0.15) is 0 Å². The Morgan fingerprint density at radius 2 is 2.37 bits per heavy atom. The van der Waals surface area contributed by atoms with Crippen LogP contribution in [0.2, 0.25) is 0 Å². The molecule has 2 unspecified atom stereocenters. The highest BCUT2D eigenvalue weighted by Crippen LogP contribution is 2.26. The van der Waals surface area contributed by atoms with Crippen molar-refractivity contribution in [3.8, 4) is 0 Å². The number of hydrogen-bond acceptors (Lipinski definition) is 5. The van der Waals surface area contributed by atoms with Crippen molar-refractivity contribution in [1.82, 2.24) is 14.5 Å². The molecule has 0 aliphatic carbocycles. The van der Waals surface area contributed by atoms with Gasteiger partial charge in [0.1, 0.15) is 4.88 Å². The van der Waals surface area contributed by atoms with Crippen LogP contribution in [-0.2, 0) is 6.42 Å². The molecular weight excluding hydrogens is 260 g/mol. The zero-order valence-electron chi connectivity index (χ0n) is 11.6. The first kappa shape index (κ1) is 14.4. The summed E-state index contributed by atoms with van der Waals surface area (Å²) >= 11 is 1.21. The monoisotopic (exact) mass is 282 g/mol. The minimum atomic E-state index is 0.0699. The molecule has 106 valence electrons. The van der Waals surface area contributed by atoms with Crippen LogP contribution in [0.1, 0.15) is 48.5 Å². The zero-order chi connectivity index (χ0) is 13.8. The number of carbonyl (C=O) groups is 1. The molecule has 2 atom stereocenters. The molecule has 1 amide bonds. The zero-order valence-corrected chi connectivity index (χ0v) is 12.4. The van der Waals surface area contributed by atoms with Gasteiger partial charge in [0.05, 0.1) is 5.69 Å². The third-order valence-electron chi connectivity index (χ3n) is 3.85. The Morgan fingerprint density at radius 3 is 3.05 bits per heavy atom. The minimum Gasteiger partial charge on any atom is -0.333 e. The second-order valence-corrected chi connectivity index (χ2v) is 5.97. The van der Waals surface area contributed by atoms with Crippen LogP contribution in [0.5, 0.6) is 0 Å². The third-order valence-corrected chi connectivity index (χ3v) is 4.61. The SMILES string of the molecule is CCCc1nnsc1C(=O)N1CCCC(C)C1CN. The molecule has 0 bridgehead atoms. The highest BCUT2D eigenvalue weighted by atomic mass is 32.1. The summed E-state index contributed by atoms with van der Waals surface area (Å²) in [4.78, 5) is 15.3. The molecule has 2 N–H and O–H groups in total. The topological polar surface area (TPSA) is 72.1 Å². The molecule has 1 aromatic heterocycles. The predicted molar refractivity (Wildman–Crippen MR) is 76.2 cm³/mol. The van der Waals surface area contributed by atoms with Gasteiger partial charge in [-0.25, -0.2) is 0 Å². The standard InChI is InChI=1S/C13H22N4OS/c1-3-5-10-12(19-16-15-10)13(18)17-7-4-6-9(2)11(17)8-14/h9,11H,3-8,14H2,1-2H3. The van der Waals surface area contributed by atoms with Gasteiger partial charge in [-0.15, -0.1) is 5.10 Å². The Labute approximate surface area is 118 Å². The fourth-order valence-electron chi connectivity index (χ4n) is 2.76. The van der Waals surface area contributed by atoms with Crippen molar-refractivity contribution < 1.29 is 4.79 Å². The number of aromatic nitrogens is 2. The number of carbonyl (C=O) groups excluding carboxylic acids is 1. The van der Waals surface area contributed by atoms with E-state index in [1.165, 1.54) is 11.5 Å². The summed E-state index contributed by atoms with van der Waals surface area (Å²) in [6, 6.07) is 0.151. The largest absolute Gasteiger partial charge is 0.333 e. The number of rotatable bonds is 4. The molecule has 2 heterocycles. The summed E-state index contributed by atoms with van der Waals surface area (Å²) in [5.41, 5.74) is 6.69. The van der Waals surface area contributed by atoms with Crippen molar-refractivity contribution in [2.24, 2.45) is 11.7 Å². The van der Waals surface area contributed by atoms with E-state index in [-0.39, 0.29) is 11.9 Å². The highest BCUT2D eigenvalue weighted by molar-refractivity contribution is 7.08. The Morgan fingerprint density at radius 1 is 1.58 bits per heavy atom. The summed E-state index contributed by atoms with van der Waals surface area (Å²) in [6.07, 6.45) is 3.99. The Kier molecular flexibility index (Phi) is 4.87. The Balaban J connectivity index is 2.19. The molecule has 0 saturated carbocycles.